The van der Waals surface area contributed by atoms with Crippen molar-refractivity contribution in [2.24, 2.45) is 5.28 Å². The number of halogens is 6. The molecule has 1 aliphatic rings. The first-order chi connectivity index (χ1) is 13.1. The normalized spacial score (nSPS) is 18.9. The van der Waals surface area contributed by atoms with E-state index in [2.05, 4.69) is 5.28 Å². The fraction of sp³-hybridized carbons (Fsp3) is 0.647. The fourth-order valence-electron chi connectivity index (χ4n) is 2.60. The van der Waals surface area contributed by atoms with Gasteiger partial charge in [0.1, 0.15) is 0 Å². The van der Waals surface area contributed by atoms with Crippen LogP contribution in [-0.2, 0) is 17.2 Å². The molecule has 29 heavy (non-hydrogen) atoms. The predicted molar refractivity (Wildman–Crippen MR) is 90.1 cm³/mol. The van der Waals surface area contributed by atoms with Gasteiger partial charge in [-0.15, -0.1) is 5.01 Å². The van der Waals surface area contributed by atoms with Gasteiger partial charge in [-0.2, -0.15) is 26.3 Å². The molecule has 2 rings (SSSR count). The third-order valence-corrected chi connectivity index (χ3v) is 4.59. The van der Waals surface area contributed by atoms with E-state index in [4.69, 9.17) is 4.84 Å². The summed E-state index contributed by atoms with van der Waals surface area (Å²) < 4.78 is 78.1. The van der Waals surface area contributed by atoms with Gasteiger partial charge in [0, 0.05) is 18.7 Å². The van der Waals surface area contributed by atoms with E-state index in [-0.39, 0.29) is 24.8 Å². The topological polar surface area (TPSA) is 51.3 Å². The first-order valence-electron chi connectivity index (χ1n) is 8.73. The number of benzene rings is 1. The van der Waals surface area contributed by atoms with E-state index in [1.165, 1.54) is 9.91 Å². The van der Waals surface area contributed by atoms with Crippen LogP contribution in [0.3, 0.4) is 0 Å². The summed E-state index contributed by atoms with van der Waals surface area (Å²) in [7, 11) is 1.56. The van der Waals surface area contributed by atoms with Crippen molar-refractivity contribution in [2.45, 2.75) is 51.2 Å². The van der Waals surface area contributed by atoms with Crippen LogP contribution in [0.2, 0.25) is 0 Å². The molecule has 1 fully saturated rings. The van der Waals surface area contributed by atoms with Gasteiger partial charge in [0.25, 0.3) is 10.2 Å². The predicted octanol–water partition coefficient (Wildman–Crippen LogP) is 4.73. The highest BCUT2D eigenvalue weighted by molar-refractivity contribution is 5.53. The quantitative estimate of drug-likeness (QED) is 0.325. The maximum atomic E-state index is 13.0. The summed E-state index contributed by atoms with van der Waals surface area (Å²) in [6, 6.07) is 1.45. The summed E-state index contributed by atoms with van der Waals surface area (Å²) in [5.74, 6) is 0. The summed E-state index contributed by atoms with van der Waals surface area (Å²) in [6.07, 6.45) is -10.1. The Labute approximate surface area is 163 Å². The van der Waals surface area contributed by atoms with Crippen LogP contribution in [0.5, 0.6) is 0 Å². The molecule has 0 bridgehead atoms. The lowest BCUT2D eigenvalue weighted by molar-refractivity contribution is -0.946. The molecular formula is C17H23F6N4O2+. The molecule has 1 atom stereocenters. The molecule has 1 aromatic carbocycles. The van der Waals surface area contributed by atoms with Gasteiger partial charge in [0.05, 0.1) is 30.3 Å². The van der Waals surface area contributed by atoms with E-state index in [9.17, 15) is 31.5 Å². The molecule has 0 aromatic heterocycles. The molecule has 0 radical (unpaired) electrons. The lowest BCUT2D eigenvalue weighted by atomic mass is 10.1. The van der Waals surface area contributed by atoms with Crippen LogP contribution < -0.4 is 4.90 Å². The van der Waals surface area contributed by atoms with Crippen molar-refractivity contribution in [1.29, 1.82) is 0 Å². The second-order valence-corrected chi connectivity index (χ2v) is 7.77. The van der Waals surface area contributed by atoms with Crippen LogP contribution in [0.4, 0.5) is 32.0 Å². The number of alkyl halides is 6. The largest absolute Gasteiger partial charge is 0.416 e. The second-order valence-electron chi connectivity index (χ2n) is 7.77. The van der Waals surface area contributed by atoms with E-state index in [1.54, 1.807) is 7.05 Å². The van der Waals surface area contributed by atoms with Crippen LogP contribution in [0.1, 0.15) is 38.3 Å². The number of nitrogens with zero attached hydrogens (tertiary/aromatic N) is 4. The van der Waals surface area contributed by atoms with E-state index in [0.29, 0.717) is 23.5 Å². The Morgan fingerprint density at radius 1 is 1.07 bits per heavy atom. The summed E-state index contributed by atoms with van der Waals surface area (Å²) in [5, 5.41) is 14.8. The van der Waals surface area contributed by atoms with Gasteiger partial charge in [-0.25, -0.2) is 5.21 Å². The molecule has 1 aliphatic heterocycles. The zero-order valence-corrected chi connectivity index (χ0v) is 16.3. The van der Waals surface area contributed by atoms with Gasteiger partial charge in [0.15, 0.2) is 6.10 Å². The smallest absolute Gasteiger partial charge is 0.368 e. The number of anilines is 1. The van der Waals surface area contributed by atoms with Crippen molar-refractivity contribution in [1.82, 2.24) is 5.01 Å². The Morgan fingerprint density at radius 3 is 2.03 bits per heavy atom. The number of hydrazine groups is 1. The molecule has 12 heteroatoms. The molecule has 0 spiro atoms. The van der Waals surface area contributed by atoms with Gasteiger partial charge in [-0.3, -0.25) is 0 Å². The zero-order chi connectivity index (χ0) is 22.2. The monoisotopic (exact) mass is 429 g/mol. The maximum absolute atomic E-state index is 13.0. The van der Waals surface area contributed by atoms with E-state index < -0.39 is 35.1 Å². The van der Waals surface area contributed by atoms with Crippen molar-refractivity contribution in [3.63, 3.8) is 0 Å². The molecule has 164 valence electrons. The minimum atomic E-state index is -4.91. The summed E-state index contributed by atoms with van der Waals surface area (Å²) in [5.41, 5.74) is -3.41. The molecule has 1 N–H and O–H groups in total. The fourth-order valence-corrected chi connectivity index (χ4v) is 2.60. The lowest BCUT2D eigenvalue weighted by Gasteiger charge is -2.22. The number of rotatable bonds is 4. The van der Waals surface area contributed by atoms with Gasteiger partial charge in [-0.05, 0) is 39.0 Å². The number of hydrogen-bond donors (Lipinski definition) is 1. The van der Waals surface area contributed by atoms with Crippen molar-refractivity contribution in [2.75, 3.05) is 25.0 Å². The molecule has 0 amide bonds. The van der Waals surface area contributed by atoms with Crippen molar-refractivity contribution >= 4 is 5.69 Å². The SMILES string of the molecule is CN(/[N+](O)=N/O[C@@H]1CCN(c2cc(C(F)(F)F)cc(C(F)(F)F)c2)C1)C(C)(C)C. The molecular weight excluding hydrogens is 406 g/mol. The third-order valence-electron chi connectivity index (χ3n) is 4.59. The van der Waals surface area contributed by atoms with Gasteiger partial charge >= 0.3 is 12.4 Å². The minimum Gasteiger partial charge on any atom is -0.368 e. The van der Waals surface area contributed by atoms with Crippen LogP contribution in [0.25, 0.3) is 0 Å². The average molecular weight is 429 g/mol. The highest BCUT2D eigenvalue weighted by Gasteiger charge is 2.38. The maximum Gasteiger partial charge on any atom is 0.416 e. The highest BCUT2D eigenvalue weighted by Crippen LogP contribution is 2.39. The van der Waals surface area contributed by atoms with E-state index >= 15 is 0 Å². The standard InChI is InChI=1S/C17H23F6N4O2/c1-15(2,3)25(4)27(28)24-29-14-5-6-26(10-14)13-8-11(16(18,19)20)7-12(9-13)17(21,22)23/h7-9,14H,5-6,10H2,1-4H3,(H,24,28)/q+1/t14-/m1/s1. The molecule has 1 heterocycles. The van der Waals surface area contributed by atoms with Crippen LogP contribution in [0.15, 0.2) is 23.5 Å². The molecule has 0 unspecified atom stereocenters. The Kier molecular flexibility index (Phi) is 6.15. The summed E-state index contributed by atoms with van der Waals surface area (Å²) in [4.78, 5) is 7.06. The Bertz CT molecular complexity index is 726. The molecule has 0 saturated carbocycles. The number of hydrogen-bond acceptors (Lipinski definition) is 3. The lowest BCUT2D eigenvalue weighted by Crippen LogP contribution is -2.43. The van der Waals surface area contributed by atoms with Gasteiger partial charge < -0.3 is 9.74 Å². The molecule has 6 nitrogen and oxygen atoms in total. The molecule has 0 aliphatic carbocycles. The first-order valence-corrected chi connectivity index (χ1v) is 8.73. The van der Waals surface area contributed by atoms with Gasteiger partial charge in [-0.1, -0.05) is 0 Å². The van der Waals surface area contributed by atoms with Crippen LogP contribution >= 0.6 is 0 Å². The third kappa shape index (κ3) is 5.80. The van der Waals surface area contributed by atoms with Gasteiger partial charge in [0.2, 0.25) is 0 Å². The first kappa shape index (κ1) is 22.9. The Balaban J connectivity index is 2.17. The minimum absolute atomic E-state index is 0.0230. The molecule has 1 aromatic rings. The zero-order valence-electron chi connectivity index (χ0n) is 16.3. The summed E-state index contributed by atoms with van der Waals surface area (Å²) >= 11 is 0. The van der Waals surface area contributed by atoms with Crippen molar-refractivity contribution in [3.8, 4) is 0 Å². The van der Waals surface area contributed by atoms with E-state index in [0.717, 1.165) is 0 Å². The Hall–Kier alpha value is -2.40. The van der Waals surface area contributed by atoms with Crippen LogP contribution in [-0.4, -0.2) is 47.0 Å². The summed E-state index contributed by atoms with van der Waals surface area (Å²) in [6.45, 7) is 5.65. The Morgan fingerprint density at radius 2 is 1.59 bits per heavy atom. The highest BCUT2D eigenvalue weighted by atomic mass is 19.4. The van der Waals surface area contributed by atoms with Crippen molar-refractivity contribution in [3.05, 3.63) is 29.3 Å². The van der Waals surface area contributed by atoms with E-state index in [1.807, 2.05) is 20.8 Å². The molecule has 1 saturated heterocycles. The second kappa shape index (κ2) is 7.79. The average Bonchev–Trinajstić information content (AvgIpc) is 3.05. The van der Waals surface area contributed by atoms with Crippen LogP contribution in [0, 0.1) is 0 Å². The van der Waals surface area contributed by atoms with Crippen molar-refractivity contribution < 1.29 is 41.4 Å².